The second-order valence-electron chi connectivity index (χ2n) is 6.14. The summed E-state index contributed by atoms with van der Waals surface area (Å²) in [7, 11) is 1.52. The van der Waals surface area contributed by atoms with Crippen LogP contribution in [-0.2, 0) is 14.3 Å². The lowest BCUT2D eigenvalue weighted by Crippen LogP contribution is -2.51. The second kappa shape index (κ2) is 7.76. The lowest BCUT2D eigenvalue weighted by atomic mass is 10.0. The summed E-state index contributed by atoms with van der Waals surface area (Å²) in [6, 6.07) is 0.148. The molecule has 0 bridgehead atoms. The molecule has 0 aromatic carbocycles. The average Bonchev–Trinajstić information content (AvgIpc) is 3.28. The molecule has 0 N–H and O–H groups in total. The van der Waals surface area contributed by atoms with Crippen molar-refractivity contribution in [2.45, 2.75) is 31.3 Å². The number of rotatable bonds is 5. The van der Waals surface area contributed by atoms with Gasteiger partial charge in [0.05, 0.1) is 12.2 Å². The SMILES string of the molecule is COCC(=O)N(C1CCOCC1)C1CCN(C(=O)c2cnco2)C1. The number of hydrogen-bond donors (Lipinski definition) is 0. The highest BCUT2D eigenvalue weighted by Crippen LogP contribution is 2.24. The number of ether oxygens (including phenoxy) is 2. The largest absolute Gasteiger partial charge is 0.438 e. The number of nitrogens with zero attached hydrogens (tertiary/aromatic N) is 3. The zero-order chi connectivity index (χ0) is 16.9. The molecule has 8 nitrogen and oxygen atoms in total. The van der Waals surface area contributed by atoms with Crippen molar-refractivity contribution in [2.75, 3.05) is 40.0 Å². The lowest BCUT2D eigenvalue weighted by Gasteiger charge is -2.38. The van der Waals surface area contributed by atoms with Crippen molar-refractivity contribution >= 4 is 11.8 Å². The van der Waals surface area contributed by atoms with Crippen LogP contribution in [0, 0.1) is 0 Å². The summed E-state index contributed by atoms with van der Waals surface area (Å²) in [5, 5.41) is 0. The second-order valence-corrected chi connectivity index (χ2v) is 6.14. The van der Waals surface area contributed by atoms with Crippen LogP contribution in [0.2, 0.25) is 0 Å². The number of hydrogen-bond acceptors (Lipinski definition) is 6. The van der Waals surface area contributed by atoms with Crippen molar-refractivity contribution < 1.29 is 23.5 Å². The van der Waals surface area contributed by atoms with Gasteiger partial charge in [-0.3, -0.25) is 9.59 Å². The van der Waals surface area contributed by atoms with Crippen LogP contribution in [0.5, 0.6) is 0 Å². The number of amides is 2. The highest BCUT2D eigenvalue weighted by atomic mass is 16.5. The van der Waals surface area contributed by atoms with Crippen LogP contribution in [0.4, 0.5) is 0 Å². The summed E-state index contributed by atoms with van der Waals surface area (Å²) in [6.07, 6.45) is 5.07. The van der Waals surface area contributed by atoms with Crippen LogP contribution in [0.3, 0.4) is 0 Å². The monoisotopic (exact) mass is 337 g/mol. The number of likely N-dealkylation sites (tertiary alicyclic amines) is 1. The van der Waals surface area contributed by atoms with E-state index in [4.69, 9.17) is 13.9 Å². The van der Waals surface area contributed by atoms with E-state index >= 15 is 0 Å². The van der Waals surface area contributed by atoms with E-state index in [1.165, 1.54) is 19.7 Å². The van der Waals surface area contributed by atoms with E-state index < -0.39 is 0 Å². The van der Waals surface area contributed by atoms with Crippen molar-refractivity contribution in [3.8, 4) is 0 Å². The van der Waals surface area contributed by atoms with E-state index in [2.05, 4.69) is 4.98 Å². The first-order chi connectivity index (χ1) is 11.7. The third kappa shape index (κ3) is 3.59. The Hall–Kier alpha value is -1.93. The molecule has 8 heteroatoms. The summed E-state index contributed by atoms with van der Waals surface area (Å²) in [4.78, 5) is 32.4. The predicted octanol–water partition coefficient (Wildman–Crippen LogP) is 0.543. The van der Waals surface area contributed by atoms with Crippen LogP contribution in [0.1, 0.15) is 29.8 Å². The van der Waals surface area contributed by atoms with E-state index in [0.717, 1.165) is 19.3 Å². The molecule has 0 aliphatic carbocycles. The molecule has 2 aliphatic heterocycles. The molecule has 1 unspecified atom stereocenters. The average molecular weight is 337 g/mol. The van der Waals surface area contributed by atoms with E-state index in [9.17, 15) is 9.59 Å². The van der Waals surface area contributed by atoms with Gasteiger partial charge in [0.15, 0.2) is 6.39 Å². The number of oxazole rings is 1. The first-order valence-corrected chi connectivity index (χ1v) is 8.26. The maximum Gasteiger partial charge on any atom is 0.291 e. The van der Waals surface area contributed by atoms with E-state index in [1.54, 1.807) is 4.90 Å². The van der Waals surface area contributed by atoms with Crippen LogP contribution in [-0.4, -0.2) is 78.7 Å². The Morgan fingerprint density at radius 3 is 2.79 bits per heavy atom. The topological polar surface area (TPSA) is 85.1 Å². The Morgan fingerprint density at radius 2 is 2.12 bits per heavy atom. The molecular weight excluding hydrogens is 314 g/mol. The first-order valence-electron chi connectivity index (χ1n) is 8.26. The lowest BCUT2D eigenvalue weighted by molar-refractivity contribution is -0.142. The summed E-state index contributed by atoms with van der Waals surface area (Å²) >= 11 is 0. The third-order valence-corrected chi connectivity index (χ3v) is 4.63. The molecule has 0 radical (unpaired) electrons. The number of aromatic nitrogens is 1. The normalized spacial score (nSPS) is 21.9. The van der Waals surface area contributed by atoms with Gasteiger partial charge in [0.25, 0.3) is 5.91 Å². The molecule has 0 spiro atoms. The quantitative estimate of drug-likeness (QED) is 0.780. The molecule has 132 valence electrons. The van der Waals surface area contributed by atoms with Gasteiger partial charge in [0.2, 0.25) is 11.7 Å². The Labute approximate surface area is 140 Å². The van der Waals surface area contributed by atoms with E-state index in [-0.39, 0.29) is 36.3 Å². The van der Waals surface area contributed by atoms with Crippen LogP contribution in [0.15, 0.2) is 17.0 Å². The van der Waals surface area contributed by atoms with Crippen LogP contribution in [0.25, 0.3) is 0 Å². The maximum atomic E-state index is 12.6. The van der Waals surface area contributed by atoms with Gasteiger partial charge in [-0.2, -0.15) is 0 Å². The van der Waals surface area contributed by atoms with Crippen molar-refractivity contribution in [1.29, 1.82) is 0 Å². The van der Waals surface area contributed by atoms with Crippen LogP contribution >= 0.6 is 0 Å². The van der Waals surface area contributed by atoms with Crippen molar-refractivity contribution in [3.63, 3.8) is 0 Å². The van der Waals surface area contributed by atoms with Gasteiger partial charge in [-0.1, -0.05) is 0 Å². The molecular formula is C16H23N3O5. The number of methoxy groups -OCH3 is 1. The molecule has 24 heavy (non-hydrogen) atoms. The van der Waals surface area contributed by atoms with E-state index in [1.807, 2.05) is 4.90 Å². The fourth-order valence-corrected chi connectivity index (χ4v) is 3.50. The minimum Gasteiger partial charge on any atom is -0.438 e. The molecule has 1 aromatic heterocycles. The summed E-state index contributed by atoms with van der Waals surface area (Å²) in [5.74, 6) is 0.0287. The molecule has 2 amide bonds. The van der Waals surface area contributed by atoms with Crippen LogP contribution < -0.4 is 0 Å². The van der Waals surface area contributed by atoms with Gasteiger partial charge in [-0.15, -0.1) is 0 Å². The third-order valence-electron chi connectivity index (χ3n) is 4.63. The predicted molar refractivity (Wildman–Crippen MR) is 83.4 cm³/mol. The number of carbonyl (C=O) groups is 2. The molecule has 1 aromatic rings. The molecule has 2 aliphatic rings. The molecule has 2 fully saturated rings. The molecule has 2 saturated heterocycles. The minimum absolute atomic E-state index is 0.00243. The van der Waals surface area contributed by atoms with Crippen molar-refractivity contribution in [3.05, 3.63) is 18.4 Å². The Balaban J connectivity index is 1.69. The van der Waals surface area contributed by atoms with Gasteiger partial charge in [0, 0.05) is 39.5 Å². The minimum atomic E-state index is -0.180. The van der Waals surface area contributed by atoms with Gasteiger partial charge in [0.1, 0.15) is 6.61 Å². The molecule has 0 saturated carbocycles. The zero-order valence-corrected chi connectivity index (χ0v) is 13.8. The number of carbonyl (C=O) groups excluding carboxylic acids is 2. The Kier molecular flexibility index (Phi) is 5.47. The van der Waals surface area contributed by atoms with Gasteiger partial charge in [-0.25, -0.2) is 4.98 Å². The smallest absolute Gasteiger partial charge is 0.291 e. The zero-order valence-electron chi connectivity index (χ0n) is 13.8. The summed E-state index contributed by atoms with van der Waals surface area (Å²) in [5.41, 5.74) is 0. The molecule has 3 rings (SSSR count). The fourth-order valence-electron chi connectivity index (χ4n) is 3.50. The highest BCUT2D eigenvalue weighted by Gasteiger charge is 2.37. The van der Waals surface area contributed by atoms with Gasteiger partial charge < -0.3 is 23.7 Å². The first kappa shape index (κ1) is 16.9. The molecule has 1 atom stereocenters. The summed E-state index contributed by atoms with van der Waals surface area (Å²) in [6.45, 7) is 2.49. The maximum absolute atomic E-state index is 12.6. The summed E-state index contributed by atoms with van der Waals surface area (Å²) < 4.78 is 15.5. The standard InChI is InChI=1S/C16H23N3O5/c1-22-10-15(20)19(12-3-6-23-7-4-12)13-2-5-18(9-13)16(21)14-8-17-11-24-14/h8,11-13H,2-7,9-10H2,1H3. The Morgan fingerprint density at radius 1 is 1.33 bits per heavy atom. The van der Waals surface area contributed by atoms with Gasteiger partial charge >= 0.3 is 0 Å². The Bertz CT molecular complexity index is 556. The molecule has 3 heterocycles. The van der Waals surface area contributed by atoms with Crippen molar-refractivity contribution in [2.24, 2.45) is 0 Å². The fraction of sp³-hybridized carbons (Fsp3) is 0.688. The van der Waals surface area contributed by atoms with Crippen molar-refractivity contribution in [1.82, 2.24) is 14.8 Å². The highest BCUT2D eigenvalue weighted by molar-refractivity contribution is 5.91. The van der Waals surface area contributed by atoms with Gasteiger partial charge in [-0.05, 0) is 19.3 Å². The van der Waals surface area contributed by atoms with E-state index in [0.29, 0.717) is 26.3 Å².